The van der Waals surface area contributed by atoms with Crippen LogP contribution >= 0.6 is 0 Å². The molecule has 2 aromatic carbocycles. The molecule has 2 aromatic rings. The third kappa shape index (κ3) is 4.60. The molecular weight excluding hydrogens is 292 g/mol. The molecule has 0 aliphatic heterocycles. The Morgan fingerprint density at radius 1 is 0.957 bits per heavy atom. The maximum Gasteiger partial charge on any atom is 0.269 e. The summed E-state index contributed by atoms with van der Waals surface area (Å²) in [7, 11) is 0. The van der Waals surface area contributed by atoms with Gasteiger partial charge in [-0.15, -0.1) is 0 Å². The molecule has 6 nitrogen and oxygen atoms in total. The molecule has 0 saturated heterocycles. The molecular formula is C17H20N4O2. The molecule has 0 N–H and O–H groups in total. The highest BCUT2D eigenvalue weighted by atomic mass is 16.6. The maximum atomic E-state index is 10.6. The van der Waals surface area contributed by atoms with Gasteiger partial charge in [0, 0.05) is 30.9 Å². The third-order valence-electron chi connectivity index (χ3n) is 3.43. The highest BCUT2D eigenvalue weighted by Crippen LogP contribution is 2.23. The van der Waals surface area contributed by atoms with Gasteiger partial charge in [-0.05, 0) is 49.7 Å². The fourth-order valence-corrected chi connectivity index (χ4v) is 2.23. The number of benzene rings is 2. The van der Waals surface area contributed by atoms with E-state index in [0.29, 0.717) is 5.69 Å². The number of rotatable bonds is 7. The summed E-state index contributed by atoms with van der Waals surface area (Å²) in [6.07, 6.45) is 1.11. The lowest BCUT2D eigenvalue weighted by atomic mass is 10.2. The molecule has 0 heterocycles. The molecule has 0 saturated carbocycles. The lowest BCUT2D eigenvalue weighted by Gasteiger charge is -2.22. The van der Waals surface area contributed by atoms with Crippen molar-refractivity contribution in [3.8, 4) is 0 Å². The summed E-state index contributed by atoms with van der Waals surface area (Å²) in [5.74, 6) is 0. The van der Waals surface area contributed by atoms with E-state index in [0.717, 1.165) is 25.2 Å². The third-order valence-corrected chi connectivity index (χ3v) is 3.43. The van der Waals surface area contributed by atoms with E-state index in [1.165, 1.54) is 17.8 Å². The number of nitro benzene ring substituents is 1. The molecule has 0 unspecified atom stereocenters. The second-order valence-electron chi connectivity index (χ2n) is 5.07. The highest BCUT2D eigenvalue weighted by Gasteiger charge is 2.04. The molecule has 2 rings (SSSR count). The quantitative estimate of drug-likeness (QED) is 0.398. The first kappa shape index (κ1) is 16.6. The van der Waals surface area contributed by atoms with Gasteiger partial charge >= 0.3 is 0 Å². The van der Waals surface area contributed by atoms with Crippen molar-refractivity contribution in [1.82, 2.24) is 0 Å². The molecule has 0 aromatic heterocycles. The zero-order valence-electron chi connectivity index (χ0n) is 13.3. The van der Waals surface area contributed by atoms with Gasteiger partial charge in [0.2, 0.25) is 0 Å². The number of hydrogen-bond donors (Lipinski definition) is 0. The largest absolute Gasteiger partial charge is 0.372 e. The lowest BCUT2D eigenvalue weighted by Crippen LogP contribution is -2.23. The van der Waals surface area contributed by atoms with Gasteiger partial charge in [0.15, 0.2) is 0 Å². The van der Waals surface area contributed by atoms with Gasteiger partial charge in [0.05, 0.1) is 16.3 Å². The number of nitro groups is 1. The minimum absolute atomic E-state index is 0.0453. The molecule has 6 heteroatoms. The van der Waals surface area contributed by atoms with Crippen molar-refractivity contribution in [1.29, 1.82) is 0 Å². The van der Waals surface area contributed by atoms with Gasteiger partial charge in [-0.1, -0.05) is 6.92 Å². The van der Waals surface area contributed by atoms with Crippen molar-refractivity contribution in [2.45, 2.75) is 20.3 Å². The number of hydrogen-bond acceptors (Lipinski definition) is 5. The van der Waals surface area contributed by atoms with Crippen molar-refractivity contribution >= 4 is 22.7 Å². The van der Waals surface area contributed by atoms with Crippen molar-refractivity contribution in [3.05, 3.63) is 58.6 Å². The summed E-state index contributed by atoms with van der Waals surface area (Å²) in [4.78, 5) is 12.5. The van der Waals surface area contributed by atoms with Crippen molar-refractivity contribution in [3.63, 3.8) is 0 Å². The van der Waals surface area contributed by atoms with Gasteiger partial charge < -0.3 is 4.90 Å². The molecule has 0 amide bonds. The van der Waals surface area contributed by atoms with Gasteiger partial charge in [-0.3, -0.25) is 10.1 Å². The van der Waals surface area contributed by atoms with Crippen LogP contribution in [0.1, 0.15) is 20.3 Å². The summed E-state index contributed by atoms with van der Waals surface area (Å²) >= 11 is 0. The summed E-state index contributed by atoms with van der Waals surface area (Å²) < 4.78 is 0. The van der Waals surface area contributed by atoms with E-state index in [2.05, 4.69) is 29.0 Å². The molecule has 0 aliphatic carbocycles. The first-order valence-electron chi connectivity index (χ1n) is 7.65. The van der Waals surface area contributed by atoms with Crippen LogP contribution in [0.15, 0.2) is 58.8 Å². The minimum Gasteiger partial charge on any atom is -0.372 e. The van der Waals surface area contributed by atoms with Crippen molar-refractivity contribution in [2.75, 3.05) is 18.0 Å². The number of anilines is 1. The smallest absolute Gasteiger partial charge is 0.269 e. The van der Waals surface area contributed by atoms with Crippen LogP contribution in [0.4, 0.5) is 22.7 Å². The molecule has 0 spiro atoms. The van der Waals surface area contributed by atoms with E-state index >= 15 is 0 Å². The molecule has 0 fully saturated rings. The minimum atomic E-state index is -0.435. The summed E-state index contributed by atoms with van der Waals surface area (Å²) in [5.41, 5.74) is 2.55. The van der Waals surface area contributed by atoms with E-state index in [-0.39, 0.29) is 5.69 Å². The summed E-state index contributed by atoms with van der Waals surface area (Å²) in [5, 5.41) is 18.9. The van der Waals surface area contributed by atoms with Crippen LogP contribution in [0.2, 0.25) is 0 Å². The first-order chi connectivity index (χ1) is 11.1. The zero-order chi connectivity index (χ0) is 16.7. The van der Waals surface area contributed by atoms with E-state index in [1.54, 1.807) is 12.1 Å². The average molecular weight is 312 g/mol. The highest BCUT2D eigenvalue weighted by molar-refractivity contribution is 5.53. The van der Waals surface area contributed by atoms with E-state index in [4.69, 9.17) is 0 Å². The molecule has 0 aliphatic rings. The Labute approximate surface area is 135 Å². The second-order valence-corrected chi connectivity index (χ2v) is 5.07. The van der Waals surface area contributed by atoms with Crippen LogP contribution in [0, 0.1) is 10.1 Å². The van der Waals surface area contributed by atoms with Crippen LogP contribution in [0.5, 0.6) is 0 Å². The topological polar surface area (TPSA) is 71.1 Å². The lowest BCUT2D eigenvalue weighted by molar-refractivity contribution is -0.384. The summed E-state index contributed by atoms with van der Waals surface area (Å²) in [6, 6.07) is 13.9. The Kier molecular flexibility index (Phi) is 5.80. The normalized spacial score (nSPS) is 10.9. The van der Waals surface area contributed by atoms with E-state index < -0.39 is 4.92 Å². The Hall–Kier alpha value is -2.76. The van der Waals surface area contributed by atoms with Crippen LogP contribution in [-0.4, -0.2) is 18.0 Å². The monoisotopic (exact) mass is 312 g/mol. The molecule has 0 bridgehead atoms. The number of nitrogens with zero attached hydrogens (tertiary/aromatic N) is 4. The predicted octanol–water partition coefficient (Wildman–Crippen LogP) is 5.25. The van der Waals surface area contributed by atoms with Gasteiger partial charge in [0.1, 0.15) is 0 Å². The van der Waals surface area contributed by atoms with Crippen LogP contribution in [0.25, 0.3) is 0 Å². The van der Waals surface area contributed by atoms with Gasteiger partial charge in [-0.25, -0.2) is 0 Å². The fraction of sp³-hybridized carbons (Fsp3) is 0.294. The second kappa shape index (κ2) is 8.03. The van der Waals surface area contributed by atoms with Crippen molar-refractivity contribution < 1.29 is 4.92 Å². The Bertz CT molecular complexity index is 666. The molecule has 120 valence electrons. The van der Waals surface area contributed by atoms with E-state index in [9.17, 15) is 10.1 Å². The molecule has 0 atom stereocenters. The van der Waals surface area contributed by atoms with Crippen LogP contribution in [-0.2, 0) is 0 Å². The SMILES string of the molecule is CCCN(CC)c1ccc(N=Nc2ccc([N+](=O)[O-])cc2)cc1. The molecule has 0 radical (unpaired) electrons. The predicted molar refractivity (Wildman–Crippen MR) is 91.9 cm³/mol. The number of non-ortho nitro benzene ring substituents is 1. The van der Waals surface area contributed by atoms with Crippen LogP contribution < -0.4 is 4.90 Å². The Morgan fingerprint density at radius 3 is 1.91 bits per heavy atom. The van der Waals surface area contributed by atoms with Gasteiger partial charge in [-0.2, -0.15) is 10.2 Å². The first-order valence-corrected chi connectivity index (χ1v) is 7.65. The Balaban J connectivity index is 2.06. The maximum absolute atomic E-state index is 10.6. The summed E-state index contributed by atoms with van der Waals surface area (Å²) in [6.45, 7) is 6.30. The van der Waals surface area contributed by atoms with Crippen molar-refractivity contribution in [2.24, 2.45) is 10.2 Å². The standard InChI is InChI=1S/C17H20N4O2/c1-3-13-20(4-2)16-9-5-14(6-10-16)18-19-15-7-11-17(12-8-15)21(22)23/h5-12H,3-4,13H2,1-2H3. The van der Waals surface area contributed by atoms with E-state index in [1.807, 2.05) is 24.3 Å². The molecule has 23 heavy (non-hydrogen) atoms. The average Bonchev–Trinajstić information content (AvgIpc) is 2.59. The van der Waals surface area contributed by atoms with Gasteiger partial charge in [0.25, 0.3) is 5.69 Å². The Morgan fingerprint density at radius 2 is 1.48 bits per heavy atom. The number of azo groups is 1. The van der Waals surface area contributed by atoms with Crippen LogP contribution in [0.3, 0.4) is 0 Å². The fourth-order valence-electron chi connectivity index (χ4n) is 2.23. The zero-order valence-corrected chi connectivity index (χ0v) is 13.3.